The van der Waals surface area contributed by atoms with Crippen LogP contribution in [0.2, 0.25) is 0 Å². The van der Waals surface area contributed by atoms with Gasteiger partial charge in [0.05, 0.1) is 0 Å². The highest BCUT2D eigenvalue weighted by atomic mass is 16.5. The van der Waals surface area contributed by atoms with Crippen molar-refractivity contribution in [3.63, 3.8) is 0 Å². The molecule has 0 fully saturated rings. The van der Waals surface area contributed by atoms with Crippen LogP contribution in [-0.4, -0.2) is 23.7 Å². The molecular formula is C16H22N2O. The molecule has 0 aliphatic rings. The first kappa shape index (κ1) is 13.8. The summed E-state index contributed by atoms with van der Waals surface area (Å²) < 4.78 is 5.83. The first-order chi connectivity index (χ1) is 9.12. The van der Waals surface area contributed by atoms with Crippen LogP contribution in [-0.2, 0) is 0 Å². The molecule has 1 aromatic heterocycles. The second-order valence-corrected chi connectivity index (χ2v) is 5.34. The molecule has 2 aromatic rings. The fourth-order valence-corrected chi connectivity index (χ4v) is 1.87. The molecule has 19 heavy (non-hydrogen) atoms. The molecule has 3 nitrogen and oxygen atoms in total. The summed E-state index contributed by atoms with van der Waals surface area (Å²) in [6.45, 7) is 8.07. The van der Waals surface area contributed by atoms with Crippen molar-refractivity contribution in [2.45, 2.75) is 32.7 Å². The van der Waals surface area contributed by atoms with Gasteiger partial charge >= 0.3 is 0 Å². The first-order valence-corrected chi connectivity index (χ1v) is 6.84. The number of fused-ring (bicyclic) bond motifs is 1. The summed E-state index contributed by atoms with van der Waals surface area (Å²) in [5.74, 6) is 0.856. The molecule has 0 aliphatic heterocycles. The van der Waals surface area contributed by atoms with Gasteiger partial charge in [0.15, 0.2) is 0 Å². The molecule has 1 heterocycles. The van der Waals surface area contributed by atoms with Crippen molar-refractivity contribution in [2.75, 3.05) is 13.2 Å². The van der Waals surface area contributed by atoms with Crippen LogP contribution in [0.5, 0.6) is 5.75 Å². The van der Waals surface area contributed by atoms with Crippen LogP contribution in [0.1, 0.15) is 27.2 Å². The first-order valence-electron chi connectivity index (χ1n) is 6.84. The summed E-state index contributed by atoms with van der Waals surface area (Å²) in [6, 6.07) is 10.0. The number of hydrogen-bond acceptors (Lipinski definition) is 3. The van der Waals surface area contributed by atoms with Gasteiger partial charge in [-0.3, -0.25) is 4.98 Å². The molecule has 0 spiro atoms. The summed E-state index contributed by atoms with van der Waals surface area (Å²) >= 11 is 0. The van der Waals surface area contributed by atoms with Crippen LogP contribution in [0.3, 0.4) is 0 Å². The molecule has 102 valence electrons. The minimum Gasteiger partial charge on any atom is -0.490 e. The standard InChI is InChI=1S/C16H22N2O/c1-4-16(2,3)18-11-12-19-14-9-5-7-13-8-6-10-17-15(13)14/h5-10,18H,4,11-12H2,1-3H3. The Labute approximate surface area is 115 Å². The summed E-state index contributed by atoms with van der Waals surface area (Å²) in [5.41, 5.74) is 1.10. The average molecular weight is 258 g/mol. The van der Waals surface area contributed by atoms with E-state index in [1.165, 1.54) is 0 Å². The zero-order valence-corrected chi connectivity index (χ0v) is 11.9. The van der Waals surface area contributed by atoms with Gasteiger partial charge < -0.3 is 10.1 Å². The van der Waals surface area contributed by atoms with Crippen molar-refractivity contribution < 1.29 is 4.74 Å². The second kappa shape index (κ2) is 6.02. The van der Waals surface area contributed by atoms with Crippen molar-refractivity contribution in [3.8, 4) is 5.75 Å². The molecule has 0 aliphatic carbocycles. The normalized spacial score (nSPS) is 11.7. The number of aromatic nitrogens is 1. The quantitative estimate of drug-likeness (QED) is 0.806. The summed E-state index contributed by atoms with van der Waals surface area (Å²) in [5, 5.41) is 4.59. The monoisotopic (exact) mass is 258 g/mol. The Morgan fingerprint density at radius 3 is 2.79 bits per heavy atom. The van der Waals surface area contributed by atoms with Crippen LogP contribution in [0.4, 0.5) is 0 Å². The van der Waals surface area contributed by atoms with Crippen LogP contribution in [0.25, 0.3) is 10.9 Å². The maximum atomic E-state index is 5.83. The predicted molar refractivity (Wildman–Crippen MR) is 79.6 cm³/mol. The Morgan fingerprint density at radius 1 is 1.21 bits per heavy atom. The largest absolute Gasteiger partial charge is 0.490 e. The SMILES string of the molecule is CCC(C)(C)NCCOc1cccc2cccnc12. The van der Waals surface area contributed by atoms with Gasteiger partial charge in [-0.1, -0.05) is 25.1 Å². The summed E-state index contributed by atoms with van der Waals surface area (Å²) in [4.78, 5) is 4.38. The van der Waals surface area contributed by atoms with E-state index in [1.807, 2.05) is 30.3 Å². The Bertz CT molecular complexity index is 532. The third-order valence-corrected chi connectivity index (χ3v) is 3.44. The molecule has 0 unspecified atom stereocenters. The summed E-state index contributed by atoms with van der Waals surface area (Å²) in [7, 11) is 0. The van der Waals surface area contributed by atoms with E-state index < -0.39 is 0 Å². The van der Waals surface area contributed by atoms with Crippen molar-refractivity contribution >= 4 is 10.9 Å². The average Bonchev–Trinajstić information content (AvgIpc) is 2.44. The maximum absolute atomic E-state index is 5.83. The van der Waals surface area contributed by atoms with Gasteiger partial charge in [-0.05, 0) is 32.4 Å². The van der Waals surface area contributed by atoms with Crippen molar-refractivity contribution in [2.24, 2.45) is 0 Å². The van der Waals surface area contributed by atoms with Gasteiger partial charge in [0.2, 0.25) is 0 Å². The molecule has 1 aromatic carbocycles. The molecular weight excluding hydrogens is 236 g/mol. The molecule has 2 rings (SSSR count). The van der Waals surface area contributed by atoms with Crippen LogP contribution in [0.15, 0.2) is 36.5 Å². The van der Waals surface area contributed by atoms with E-state index in [9.17, 15) is 0 Å². The van der Waals surface area contributed by atoms with Crippen LogP contribution in [0, 0.1) is 0 Å². The third kappa shape index (κ3) is 3.67. The van der Waals surface area contributed by atoms with E-state index in [2.05, 4.69) is 31.1 Å². The second-order valence-electron chi connectivity index (χ2n) is 5.34. The highest BCUT2D eigenvalue weighted by Gasteiger charge is 2.12. The fourth-order valence-electron chi connectivity index (χ4n) is 1.87. The Morgan fingerprint density at radius 2 is 2.00 bits per heavy atom. The van der Waals surface area contributed by atoms with Crippen LogP contribution >= 0.6 is 0 Å². The fraction of sp³-hybridized carbons (Fsp3) is 0.438. The molecule has 0 radical (unpaired) electrons. The zero-order valence-electron chi connectivity index (χ0n) is 11.9. The number of benzene rings is 1. The lowest BCUT2D eigenvalue weighted by atomic mass is 10.0. The van der Waals surface area contributed by atoms with E-state index in [4.69, 9.17) is 4.74 Å². The lowest BCUT2D eigenvalue weighted by molar-refractivity contribution is 0.283. The molecule has 3 heteroatoms. The van der Waals surface area contributed by atoms with Crippen molar-refractivity contribution in [3.05, 3.63) is 36.5 Å². The molecule has 0 saturated carbocycles. The van der Waals surface area contributed by atoms with Crippen molar-refractivity contribution in [1.82, 2.24) is 10.3 Å². The van der Waals surface area contributed by atoms with E-state index >= 15 is 0 Å². The maximum Gasteiger partial charge on any atom is 0.145 e. The molecule has 1 N–H and O–H groups in total. The third-order valence-electron chi connectivity index (χ3n) is 3.44. The number of nitrogens with zero attached hydrogens (tertiary/aromatic N) is 1. The highest BCUT2D eigenvalue weighted by Crippen LogP contribution is 2.22. The molecule has 0 amide bonds. The van der Waals surface area contributed by atoms with E-state index in [-0.39, 0.29) is 5.54 Å². The zero-order chi connectivity index (χ0) is 13.7. The number of rotatable bonds is 6. The minimum atomic E-state index is 0.167. The van der Waals surface area contributed by atoms with Gasteiger partial charge in [-0.25, -0.2) is 0 Å². The van der Waals surface area contributed by atoms with E-state index in [0.717, 1.165) is 29.6 Å². The lowest BCUT2D eigenvalue weighted by Gasteiger charge is -2.24. The predicted octanol–water partition coefficient (Wildman–Crippen LogP) is 3.39. The number of para-hydroxylation sites is 1. The lowest BCUT2D eigenvalue weighted by Crippen LogP contribution is -2.40. The highest BCUT2D eigenvalue weighted by molar-refractivity contribution is 5.84. The minimum absolute atomic E-state index is 0.167. The summed E-state index contributed by atoms with van der Waals surface area (Å²) in [6.07, 6.45) is 2.90. The Balaban J connectivity index is 1.95. The van der Waals surface area contributed by atoms with Gasteiger partial charge in [-0.2, -0.15) is 0 Å². The van der Waals surface area contributed by atoms with Gasteiger partial charge in [0, 0.05) is 23.7 Å². The smallest absolute Gasteiger partial charge is 0.145 e. The molecule has 0 bridgehead atoms. The molecule has 0 atom stereocenters. The van der Waals surface area contributed by atoms with Gasteiger partial charge in [-0.15, -0.1) is 0 Å². The number of ether oxygens (including phenoxy) is 1. The topological polar surface area (TPSA) is 34.1 Å². The van der Waals surface area contributed by atoms with Gasteiger partial charge in [0.25, 0.3) is 0 Å². The number of pyridine rings is 1. The number of nitrogens with one attached hydrogen (secondary N) is 1. The van der Waals surface area contributed by atoms with Gasteiger partial charge in [0.1, 0.15) is 17.9 Å². The Kier molecular flexibility index (Phi) is 4.38. The van der Waals surface area contributed by atoms with E-state index in [1.54, 1.807) is 6.20 Å². The number of hydrogen-bond donors (Lipinski definition) is 1. The van der Waals surface area contributed by atoms with Crippen molar-refractivity contribution in [1.29, 1.82) is 0 Å². The Hall–Kier alpha value is -1.61. The van der Waals surface area contributed by atoms with Crippen LogP contribution < -0.4 is 10.1 Å². The van der Waals surface area contributed by atoms with E-state index in [0.29, 0.717) is 6.61 Å². The molecule has 0 saturated heterocycles.